The van der Waals surface area contributed by atoms with Crippen molar-refractivity contribution < 1.29 is 4.74 Å². The molecule has 1 aromatic heterocycles. The quantitative estimate of drug-likeness (QED) is 0.662. The molecule has 132 valence electrons. The van der Waals surface area contributed by atoms with Gasteiger partial charge in [-0.05, 0) is 55.0 Å². The third kappa shape index (κ3) is 2.91. The number of hydrogen-bond donors (Lipinski definition) is 2. The predicted molar refractivity (Wildman–Crippen MR) is 108 cm³/mol. The minimum atomic E-state index is -0.0856. The highest BCUT2D eigenvalue weighted by molar-refractivity contribution is 7.80. The Morgan fingerprint density at radius 1 is 1.19 bits per heavy atom. The molecule has 1 atom stereocenters. The van der Waals surface area contributed by atoms with Gasteiger partial charge in [0.2, 0.25) is 0 Å². The molecule has 5 nitrogen and oxygen atoms in total. The largest absolute Gasteiger partial charge is 0.497 e. The van der Waals surface area contributed by atoms with E-state index in [9.17, 15) is 0 Å². The molecule has 7 heteroatoms. The Morgan fingerprint density at radius 2 is 1.96 bits per heavy atom. The molecule has 0 radical (unpaired) electrons. The normalized spacial score (nSPS) is 15.8. The van der Waals surface area contributed by atoms with Crippen molar-refractivity contribution in [3.63, 3.8) is 0 Å². The Bertz CT molecular complexity index is 984. The zero-order chi connectivity index (χ0) is 18.3. The summed E-state index contributed by atoms with van der Waals surface area (Å²) in [5, 5.41) is 12.5. The molecule has 0 bridgehead atoms. The third-order valence-corrected chi connectivity index (χ3v) is 4.86. The summed E-state index contributed by atoms with van der Waals surface area (Å²) in [4.78, 5) is 0. The van der Waals surface area contributed by atoms with Crippen LogP contribution in [-0.4, -0.2) is 22.0 Å². The maximum atomic E-state index is 6.16. The van der Waals surface area contributed by atoms with Gasteiger partial charge in [0.25, 0.3) is 0 Å². The van der Waals surface area contributed by atoms with Crippen LogP contribution in [0.3, 0.4) is 0 Å². The molecule has 4 rings (SSSR count). The molecule has 1 aliphatic heterocycles. The van der Waals surface area contributed by atoms with Crippen LogP contribution in [0, 0.1) is 6.92 Å². The number of aromatic nitrogens is 2. The van der Waals surface area contributed by atoms with E-state index in [1.165, 1.54) is 0 Å². The number of anilines is 1. The van der Waals surface area contributed by atoms with Crippen LogP contribution in [0.4, 0.5) is 5.82 Å². The topological polar surface area (TPSA) is 51.1 Å². The fourth-order valence-corrected chi connectivity index (χ4v) is 3.59. The zero-order valence-electron chi connectivity index (χ0n) is 14.3. The summed E-state index contributed by atoms with van der Waals surface area (Å²) >= 11 is 11.6. The maximum Gasteiger partial charge on any atom is 0.172 e. The number of aryl methyl sites for hydroxylation is 1. The van der Waals surface area contributed by atoms with Crippen molar-refractivity contribution >= 4 is 34.7 Å². The highest BCUT2D eigenvalue weighted by Crippen LogP contribution is 2.36. The average Bonchev–Trinajstić information content (AvgIpc) is 2.97. The lowest BCUT2D eigenvalue weighted by atomic mass is 9.97. The molecule has 0 aliphatic carbocycles. The lowest BCUT2D eigenvalue weighted by Crippen LogP contribution is -2.38. The molecule has 3 aromatic rings. The summed E-state index contributed by atoms with van der Waals surface area (Å²) in [5.41, 5.74) is 3.95. The van der Waals surface area contributed by atoms with E-state index in [4.69, 9.17) is 33.7 Å². The van der Waals surface area contributed by atoms with Crippen molar-refractivity contribution in [1.82, 2.24) is 15.1 Å². The van der Waals surface area contributed by atoms with E-state index in [2.05, 4.69) is 10.6 Å². The van der Waals surface area contributed by atoms with E-state index >= 15 is 0 Å². The van der Waals surface area contributed by atoms with E-state index in [-0.39, 0.29) is 6.04 Å². The van der Waals surface area contributed by atoms with Crippen LogP contribution in [0.25, 0.3) is 5.69 Å². The van der Waals surface area contributed by atoms with Crippen LogP contribution in [0.5, 0.6) is 5.75 Å². The van der Waals surface area contributed by atoms with Gasteiger partial charge in [0.05, 0.1) is 24.5 Å². The number of ether oxygens (including phenoxy) is 1. The zero-order valence-corrected chi connectivity index (χ0v) is 15.9. The van der Waals surface area contributed by atoms with Crippen molar-refractivity contribution in [2.45, 2.75) is 13.0 Å². The summed E-state index contributed by atoms with van der Waals surface area (Å²) in [7, 11) is 1.66. The van der Waals surface area contributed by atoms with Gasteiger partial charge in [-0.2, -0.15) is 5.10 Å². The number of nitrogens with one attached hydrogen (secondary N) is 2. The maximum absolute atomic E-state index is 6.16. The summed E-state index contributed by atoms with van der Waals surface area (Å²) in [5.74, 6) is 1.67. The molecule has 2 heterocycles. The van der Waals surface area contributed by atoms with Crippen molar-refractivity contribution in [3.05, 3.63) is 70.4 Å². The number of nitrogens with zero attached hydrogens (tertiary/aromatic N) is 2. The van der Waals surface area contributed by atoms with Crippen LogP contribution >= 0.6 is 23.8 Å². The van der Waals surface area contributed by atoms with Gasteiger partial charge < -0.3 is 15.4 Å². The Labute approximate surface area is 161 Å². The summed E-state index contributed by atoms with van der Waals surface area (Å²) < 4.78 is 7.10. The van der Waals surface area contributed by atoms with Crippen molar-refractivity contribution in [1.29, 1.82) is 0 Å². The van der Waals surface area contributed by atoms with E-state index in [0.717, 1.165) is 34.1 Å². The molecule has 2 N–H and O–H groups in total. The second-order valence-electron chi connectivity index (χ2n) is 6.04. The molecule has 0 saturated carbocycles. The smallest absolute Gasteiger partial charge is 0.172 e. The fourth-order valence-electron chi connectivity index (χ4n) is 3.19. The average molecular weight is 385 g/mol. The first-order valence-electron chi connectivity index (χ1n) is 8.14. The summed E-state index contributed by atoms with van der Waals surface area (Å²) in [6.07, 6.45) is 0. The first kappa shape index (κ1) is 16.9. The van der Waals surface area contributed by atoms with Crippen LogP contribution in [0.1, 0.15) is 22.9 Å². The van der Waals surface area contributed by atoms with Gasteiger partial charge in [-0.3, -0.25) is 0 Å². The lowest BCUT2D eigenvalue weighted by Gasteiger charge is -2.28. The summed E-state index contributed by atoms with van der Waals surface area (Å²) in [6, 6.07) is 15.5. The SMILES string of the molecule is COc1ccc(C2NC(=S)Nc3c2c(C)nn3-c2cccc(Cl)c2)cc1. The molecule has 0 amide bonds. The highest BCUT2D eigenvalue weighted by atomic mass is 35.5. The van der Waals surface area contributed by atoms with Crippen LogP contribution in [0.2, 0.25) is 5.02 Å². The van der Waals surface area contributed by atoms with Gasteiger partial charge in [-0.15, -0.1) is 0 Å². The highest BCUT2D eigenvalue weighted by Gasteiger charge is 2.30. The molecule has 0 spiro atoms. The van der Waals surface area contributed by atoms with E-state index in [1.54, 1.807) is 7.11 Å². The molecular weight excluding hydrogens is 368 g/mol. The van der Waals surface area contributed by atoms with Gasteiger partial charge in [-0.25, -0.2) is 4.68 Å². The first-order valence-corrected chi connectivity index (χ1v) is 8.92. The monoisotopic (exact) mass is 384 g/mol. The number of thiocarbonyl (C=S) groups is 1. The van der Waals surface area contributed by atoms with Crippen molar-refractivity contribution in [3.8, 4) is 11.4 Å². The van der Waals surface area contributed by atoms with Crippen LogP contribution in [0.15, 0.2) is 48.5 Å². The van der Waals surface area contributed by atoms with E-state index in [1.807, 2.05) is 60.1 Å². The predicted octanol–water partition coefficient (Wildman–Crippen LogP) is 4.23. The number of rotatable bonds is 3. The van der Waals surface area contributed by atoms with E-state index in [0.29, 0.717) is 10.1 Å². The lowest BCUT2D eigenvalue weighted by molar-refractivity contribution is 0.414. The number of benzene rings is 2. The van der Waals surface area contributed by atoms with Gasteiger partial charge in [0.1, 0.15) is 11.6 Å². The molecule has 26 heavy (non-hydrogen) atoms. The summed E-state index contributed by atoms with van der Waals surface area (Å²) in [6.45, 7) is 1.99. The second-order valence-corrected chi connectivity index (χ2v) is 6.89. The molecular formula is C19H17ClN4OS. The molecule has 1 unspecified atom stereocenters. The number of halogens is 1. The van der Waals surface area contributed by atoms with Crippen molar-refractivity contribution in [2.75, 3.05) is 12.4 Å². The number of fused-ring (bicyclic) bond motifs is 1. The Hall–Kier alpha value is -2.57. The van der Waals surface area contributed by atoms with E-state index < -0.39 is 0 Å². The third-order valence-electron chi connectivity index (χ3n) is 4.40. The Balaban J connectivity index is 1.84. The van der Waals surface area contributed by atoms with Crippen LogP contribution in [-0.2, 0) is 0 Å². The Kier molecular flexibility index (Phi) is 4.30. The second kappa shape index (κ2) is 6.63. The molecule has 2 aromatic carbocycles. The van der Waals surface area contributed by atoms with Gasteiger partial charge in [0, 0.05) is 10.6 Å². The minimum Gasteiger partial charge on any atom is -0.497 e. The minimum absolute atomic E-state index is 0.0856. The molecule has 0 saturated heterocycles. The number of hydrogen-bond acceptors (Lipinski definition) is 3. The Morgan fingerprint density at radius 3 is 2.65 bits per heavy atom. The molecule has 1 aliphatic rings. The van der Waals surface area contributed by atoms with Gasteiger partial charge in [-0.1, -0.05) is 29.8 Å². The van der Waals surface area contributed by atoms with Crippen LogP contribution < -0.4 is 15.4 Å². The first-order chi connectivity index (χ1) is 12.6. The standard InChI is InChI=1S/C19H17ClN4OS/c1-11-16-17(12-6-8-15(25-2)9-7-12)21-19(26)22-18(16)24(23-11)14-5-3-4-13(20)10-14/h3-10,17H,1-2H3,(H2,21,22,26). The van der Waals surface area contributed by atoms with Gasteiger partial charge >= 0.3 is 0 Å². The van der Waals surface area contributed by atoms with Crippen molar-refractivity contribution in [2.24, 2.45) is 0 Å². The van der Waals surface area contributed by atoms with Gasteiger partial charge in [0.15, 0.2) is 5.11 Å². The molecule has 0 fully saturated rings. The number of methoxy groups -OCH3 is 1. The fraction of sp³-hybridized carbons (Fsp3) is 0.158.